The predicted molar refractivity (Wildman–Crippen MR) is 111 cm³/mol. The summed E-state index contributed by atoms with van der Waals surface area (Å²) < 4.78 is 27.3. The Bertz CT molecular complexity index is 1100. The van der Waals surface area contributed by atoms with E-state index in [4.69, 9.17) is 4.98 Å². The minimum atomic E-state index is -0.748. The highest BCUT2D eigenvalue weighted by Gasteiger charge is 2.32. The Morgan fingerprint density at radius 1 is 1.00 bits per heavy atom. The van der Waals surface area contributed by atoms with Crippen molar-refractivity contribution < 1.29 is 13.6 Å². The molecule has 1 amide bonds. The van der Waals surface area contributed by atoms with Crippen molar-refractivity contribution in [2.45, 2.75) is 37.5 Å². The van der Waals surface area contributed by atoms with Crippen LogP contribution in [0.15, 0.2) is 48.9 Å². The van der Waals surface area contributed by atoms with Crippen molar-refractivity contribution in [2.75, 3.05) is 13.1 Å². The van der Waals surface area contributed by atoms with Crippen molar-refractivity contribution in [2.24, 2.45) is 0 Å². The molecule has 2 aliphatic rings. The summed E-state index contributed by atoms with van der Waals surface area (Å²) in [5.41, 5.74) is 2.91. The lowest BCUT2D eigenvalue weighted by molar-refractivity contribution is 0.0705. The molecule has 2 fully saturated rings. The van der Waals surface area contributed by atoms with Crippen molar-refractivity contribution in [3.63, 3.8) is 0 Å². The summed E-state index contributed by atoms with van der Waals surface area (Å²) >= 11 is 0. The van der Waals surface area contributed by atoms with Crippen LogP contribution in [0.1, 0.15) is 59.4 Å². The van der Waals surface area contributed by atoms with Gasteiger partial charge in [0.1, 0.15) is 17.5 Å². The van der Waals surface area contributed by atoms with Gasteiger partial charge in [-0.1, -0.05) is 0 Å². The molecule has 0 spiro atoms. The Morgan fingerprint density at radius 3 is 2.45 bits per heavy atom. The molecule has 5 nitrogen and oxygen atoms in total. The normalized spacial score (nSPS) is 18.8. The van der Waals surface area contributed by atoms with Gasteiger partial charge < -0.3 is 4.90 Å². The number of halogens is 2. The largest absolute Gasteiger partial charge is 0.338 e. The zero-order valence-corrected chi connectivity index (χ0v) is 17.0. The zero-order valence-electron chi connectivity index (χ0n) is 17.0. The van der Waals surface area contributed by atoms with Crippen LogP contribution in [0.3, 0.4) is 0 Å². The average molecular weight is 420 g/mol. The Balaban J connectivity index is 1.47. The second-order valence-corrected chi connectivity index (χ2v) is 8.29. The summed E-state index contributed by atoms with van der Waals surface area (Å²) in [4.78, 5) is 28.3. The molecule has 5 rings (SSSR count). The van der Waals surface area contributed by atoms with Crippen LogP contribution in [0.2, 0.25) is 0 Å². The first-order valence-corrected chi connectivity index (χ1v) is 10.6. The van der Waals surface area contributed by atoms with Gasteiger partial charge >= 0.3 is 0 Å². The van der Waals surface area contributed by atoms with Crippen LogP contribution >= 0.6 is 0 Å². The molecule has 7 heteroatoms. The number of nitrogens with zero attached hydrogens (tertiary/aromatic N) is 4. The molecule has 1 saturated carbocycles. The van der Waals surface area contributed by atoms with Gasteiger partial charge in [-0.15, -0.1) is 0 Å². The Morgan fingerprint density at radius 2 is 1.74 bits per heavy atom. The molecule has 1 aromatic carbocycles. The van der Waals surface area contributed by atoms with Crippen molar-refractivity contribution in [3.8, 4) is 11.1 Å². The summed E-state index contributed by atoms with van der Waals surface area (Å²) in [6.07, 6.45) is 9.26. The monoisotopic (exact) mass is 420 g/mol. The Kier molecular flexibility index (Phi) is 5.18. The molecule has 1 aliphatic carbocycles. The highest BCUT2D eigenvalue weighted by atomic mass is 19.1. The van der Waals surface area contributed by atoms with Crippen LogP contribution in [0.5, 0.6) is 0 Å². The second kappa shape index (κ2) is 8.13. The first-order valence-electron chi connectivity index (χ1n) is 10.6. The van der Waals surface area contributed by atoms with E-state index in [1.807, 2.05) is 18.3 Å². The van der Waals surface area contributed by atoms with Crippen LogP contribution in [0.25, 0.3) is 11.1 Å². The number of carbonyl (C=O) groups excluding carboxylic acids is 1. The SMILES string of the molecule is O=C(c1cc(F)cc(F)c1)N1CCCC(c2nc(C3CC3)ncc2-c2ccncc2)C1. The van der Waals surface area contributed by atoms with E-state index in [-0.39, 0.29) is 17.4 Å². The molecular weight excluding hydrogens is 398 g/mol. The summed E-state index contributed by atoms with van der Waals surface area (Å²) in [6, 6.07) is 6.82. The van der Waals surface area contributed by atoms with E-state index < -0.39 is 11.6 Å². The zero-order chi connectivity index (χ0) is 21.4. The van der Waals surface area contributed by atoms with Gasteiger partial charge in [-0.3, -0.25) is 9.78 Å². The van der Waals surface area contributed by atoms with E-state index in [1.165, 1.54) is 0 Å². The minimum absolute atomic E-state index is 0.0276. The lowest BCUT2D eigenvalue weighted by atomic mass is 9.89. The fourth-order valence-electron chi connectivity index (χ4n) is 4.26. The number of likely N-dealkylation sites (tertiary alicyclic amines) is 1. The Hall–Kier alpha value is -3.22. The molecule has 1 saturated heterocycles. The minimum Gasteiger partial charge on any atom is -0.338 e. The van der Waals surface area contributed by atoms with Crippen LogP contribution in [0.4, 0.5) is 8.78 Å². The van der Waals surface area contributed by atoms with E-state index in [0.29, 0.717) is 19.0 Å². The van der Waals surface area contributed by atoms with Crippen LogP contribution in [-0.2, 0) is 0 Å². The van der Waals surface area contributed by atoms with Gasteiger partial charge in [0.25, 0.3) is 5.91 Å². The summed E-state index contributed by atoms with van der Waals surface area (Å²) in [5.74, 6) is -0.543. The number of piperidine rings is 1. The summed E-state index contributed by atoms with van der Waals surface area (Å²) in [6.45, 7) is 1.01. The fraction of sp³-hybridized carbons (Fsp3) is 0.333. The van der Waals surface area contributed by atoms with E-state index in [0.717, 1.165) is 66.5 Å². The topological polar surface area (TPSA) is 59.0 Å². The average Bonchev–Trinajstić information content (AvgIpc) is 3.64. The lowest BCUT2D eigenvalue weighted by Crippen LogP contribution is -2.39. The van der Waals surface area contributed by atoms with Crippen molar-refractivity contribution in [1.29, 1.82) is 0 Å². The lowest BCUT2D eigenvalue weighted by Gasteiger charge is -2.33. The van der Waals surface area contributed by atoms with E-state index >= 15 is 0 Å². The number of amides is 1. The van der Waals surface area contributed by atoms with Gasteiger partial charge in [0.15, 0.2) is 0 Å². The Labute approximate surface area is 179 Å². The number of hydrogen-bond donors (Lipinski definition) is 0. The van der Waals surface area contributed by atoms with Gasteiger partial charge in [-0.05, 0) is 55.5 Å². The maximum atomic E-state index is 13.6. The molecule has 1 unspecified atom stereocenters. The quantitative estimate of drug-likeness (QED) is 0.613. The molecule has 0 bridgehead atoms. The van der Waals surface area contributed by atoms with Gasteiger partial charge in [-0.2, -0.15) is 0 Å². The third-order valence-electron chi connectivity index (χ3n) is 5.98. The summed E-state index contributed by atoms with van der Waals surface area (Å²) in [7, 11) is 0. The van der Waals surface area contributed by atoms with E-state index in [1.54, 1.807) is 17.3 Å². The smallest absolute Gasteiger partial charge is 0.254 e. The van der Waals surface area contributed by atoms with Crippen LogP contribution < -0.4 is 0 Å². The molecule has 158 valence electrons. The standard InChI is InChI=1S/C24H22F2N4O/c25-19-10-18(11-20(26)12-19)24(31)30-9-1-2-17(14-30)22-21(15-5-7-27-8-6-15)13-28-23(29-22)16-3-4-16/h5-8,10-13,16-17H,1-4,9,14H2. The number of hydrogen-bond acceptors (Lipinski definition) is 4. The van der Waals surface area contributed by atoms with Crippen LogP contribution in [-0.4, -0.2) is 38.8 Å². The van der Waals surface area contributed by atoms with Gasteiger partial charge in [0.05, 0.1) is 5.69 Å². The van der Waals surface area contributed by atoms with Gasteiger partial charge in [-0.25, -0.2) is 18.7 Å². The van der Waals surface area contributed by atoms with Gasteiger partial charge in [0.2, 0.25) is 0 Å². The molecule has 1 atom stereocenters. The molecule has 3 heterocycles. The number of rotatable bonds is 4. The fourth-order valence-corrected chi connectivity index (χ4v) is 4.26. The maximum absolute atomic E-state index is 13.6. The predicted octanol–water partition coefficient (Wildman–Crippen LogP) is 4.71. The first-order chi connectivity index (χ1) is 15.1. The van der Waals surface area contributed by atoms with Gasteiger partial charge in [0, 0.05) is 60.7 Å². The molecule has 0 N–H and O–H groups in total. The highest BCUT2D eigenvalue weighted by Crippen LogP contribution is 2.40. The van der Waals surface area contributed by atoms with Crippen molar-refractivity contribution >= 4 is 5.91 Å². The summed E-state index contributed by atoms with van der Waals surface area (Å²) in [5, 5.41) is 0. The third-order valence-corrected chi connectivity index (χ3v) is 5.98. The molecule has 1 aliphatic heterocycles. The molecule has 31 heavy (non-hydrogen) atoms. The van der Waals surface area contributed by atoms with E-state index in [9.17, 15) is 13.6 Å². The van der Waals surface area contributed by atoms with Crippen LogP contribution in [0, 0.1) is 11.6 Å². The molecule has 3 aromatic rings. The van der Waals surface area contributed by atoms with Crippen molar-refractivity contribution in [1.82, 2.24) is 19.9 Å². The second-order valence-electron chi connectivity index (χ2n) is 8.29. The number of carbonyl (C=O) groups is 1. The van der Waals surface area contributed by atoms with E-state index in [2.05, 4.69) is 9.97 Å². The number of aromatic nitrogens is 3. The maximum Gasteiger partial charge on any atom is 0.254 e. The first kappa shape index (κ1) is 19.7. The highest BCUT2D eigenvalue weighted by molar-refractivity contribution is 5.94. The number of pyridine rings is 1. The molecular formula is C24H22F2N4O. The third kappa shape index (κ3) is 4.17. The molecule has 2 aromatic heterocycles. The molecule has 0 radical (unpaired) electrons. The van der Waals surface area contributed by atoms with Crippen molar-refractivity contribution in [3.05, 3.63) is 77.6 Å². The number of benzene rings is 1.